The zero-order valence-electron chi connectivity index (χ0n) is 16.0. The number of hydrogen-bond donors (Lipinski definition) is 2. The van der Waals surface area contributed by atoms with E-state index in [1.54, 1.807) is 6.20 Å². The molecule has 1 aromatic heterocycles. The van der Waals surface area contributed by atoms with E-state index in [1.165, 1.54) is 25.7 Å². The second-order valence-electron chi connectivity index (χ2n) is 7.36. The molecule has 1 aliphatic heterocycles. The maximum atomic E-state index is 12.5. The lowest BCUT2D eigenvalue weighted by Gasteiger charge is -2.24. The van der Waals surface area contributed by atoms with E-state index in [-0.39, 0.29) is 36.8 Å². The summed E-state index contributed by atoms with van der Waals surface area (Å²) in [4.78, 5) is 16.8. The van der Waals surface area contributed by atoms with Crippen LogP contribution in [-0.4, -0.2) is 27.5 Å². The predicted octanol–water partition coefficient (Wildman–Crippen LogP) is 3.70. The molecule has 2 aliphatic rings. The highest BCUT2D eigenvalue weighted by molar-refractivity contribution is 5.95. The third-order valence-corrected chi connectivity index (χ3v) is 5.59. The average Bonchev–Trinajstić information content (AvgIpc) is 3.27. The number of carbonyl (C=O) groups is 1. The monoisotopic (exact) mass is 426 g/mol. The quantitative estimate of drug-likeness (QED) is 0.764. The third-order valence-electron chi connectivity index (χ3n) is 5.59. The standard InChI is InChI=1S/C20H26N4O2.2ClH/c1-24-11-10-21-19(24)13-26-16-8-6-15(7-9-16)22-20(25)18-12-14-4-2-3-5-17(14)23-18;;/h6-11,14,17-18,23H,2-5,12-13H2,1H3,(H,22,25);2*1H. The van der Waals surface area contributed by atoms with Crippen LogP contribution in [0.3, 0.4) is 0 Å². The Balaban J connectivity index is 0.00000140. The first-order chi connectivity index (χ1) is 12.7. The van der Waals surface area contributed by atoms with E-state index < -0.39 is 0 Å². The van der Waals surface area contributed by atoms with Gasteiger partial charge in [-0.15, -0.1) is 24.8 Å². The Bertz CT molecular complexity index is 752. The number of fused-ring (bicyclic) bond motifs is 1. The largest absolute Gasteiger partial charge is 0.486 e. The molecule has 8 heteroatoms. The van der Waals surface area contributed by atoms with Crippen LogP contribution >= 0.6 is 24.8 Å². The molecule has 1 saturated heterocycles. The van der Waals surface area contributed by atoms with Crippen molar-refractivity contribution in [1.82, 2.24) is 14.9 Å². The Kier molecular flexibility index (Phi) is 8.16. The maximum Gasteiger partial charge on any atom is 0.241 e. The number of benzene rings is 1. The third kappa shape index (κ3) is 5.19. The van der Waals surface area contributed by atoms with Gasteiger partial charge in [0.1, 0.15) is 18.2 Å². The molecule has 6 nitrogen and oxygen atoms in total. The fourth-order valence-electron chi connectivity index (χ4n) is 4.07. The van der Waals surface area contributed by atoms with Crippen molar-refractivity contribution in [3.8, 4) is 5.75 Å². The first-order valence-electron chi connectivity index (χ1n) is 9.45. The van der Waals surface area contributed by atoms with E-state index in [4.69, 9.17) is 4.74 Å². The molecule has 2 aromatic rings. The predicted molar refractivity (Wildman–Crippen MR) is 114 cm³/mol. The number of amides is 1. The smallest absolute Gasteiger partial charge is 0.241 e. The number of aryl methyl sites for hydroxylation is 1. The highest BCUT2D eigenvalue weighted by Crippen LogP contribution is 2.33. The first-order valence-corrected chi connectivity index (χ1v) is 9.45. The van der Waals surface area contributed by atoms with Crippen molar-refractivity contribution in [3.05, 3.63) is 42.5 Å². The fraction of sp³-hybridized carbons (Fsp3) is 0.500. The molecule has 0 spiro atoms. The number of imidazole rings is 1. The van der Waals surface area contributed by atoms with Crippen LogP contribution in [0.1, 0.15) is 37.9 Å². The number of ether oxygens (including phenoxy) is 1. The highest BCUT2D eigenvalue weighted by atomic mass is 35.5. The van der Waals surface area contributed by atoms with Crippen molar-refractivity contribution in [2.45, 2.75) is 50.8 Å². The van der Waals surface area contributed by atoms with Crippen molar-refractivity contribution in [2.75, 3.05) is 5.32 Å². The molecule has 1 aromatic carbocycles. The van der Waals surface area contributed by atoms with Crippen LogP contribution in [0.2, 0.25) is 0 Å². The molecule has 154 valence electrons. The van der Waals surface area contributed by atoms with Crippen LogP contribution in [0, 0.1) is 5.92 Å². The van der Waals surface area contributed by atoms with Crippen molar-refractivity contribution < 1.29 is 9.53 Å². The molecule has 3 atom stereocenters. The van der Waals surface area contributed by atoms with Gasteiger partial charge in [-0.05, 0) is 49.4 Å². The zero-order chi connectivity index (χ0) is 17.9. The molecule has 0 bridgehead atoms. The lowest BCUT2D eigenvalue weighted by atomic mass is 9.85. The normalized spacial score (nSPS) is 23.1. The molecule has 2 heterocycles. The van der Waals surface area contributed by atoms with Gasteiger partial charge in [0.25, 0.3) is 0 Å². The molecule has 1 amide bonds. The molecule has 0 radical (unpaired) electrons. The van der Waals surface area contributed by atoms with Gasteiger partial charge in [0.15, 0.2) is 0 Å². The Hall–Kier alpha value is -1.76. The summed E-state index contributed by atoms with van der Waals surface area (Å²) in [5.74, 6) is 2.37. The van der Waals surface area contributed by atoms with Gasteiger partial charge in [0.2, 0.25) is 5.91 Å². The van der Waals surface area contributed by atoms with Gasteiger partial charge in [0.05, 0.1) is 6.04 Å². The number of aromatic nitrogens is 2. The average molecular weight is 427 g/mol. The van der Waals surface area contributed by atoms with E-state index in [0.717, 1.165) is 23.7 Å². The van der Waals surface area contributed by atoms with E-state index in [1.807, 2.05) is 42.1 Å². The summed E-state index contributed by atoms with van der Waals surface area (Å²) in [5.41, 5.74) is 0.802. The van der Waals surface area contributed by atoms with Crippen LogP contribution in [0.25, 0.3) is 0 Å². The number of hydrogen-bond acceptors (Lipinski definition) is 4. The molecule has 2 N–H and O–H groups in total. The first kappa shape index (κ1) is 22.5. The Morgan fingerprint density at radius 3 is 2.68 bits per heavy atom. The minimum absolute atomic E-state index is 0. The Morgan fingerprint density at radius 1 is 1.25 bits per heavy atom. The van der Waals surface area contributed by atoms with Crippen LogP contribution in [-0.2, 0) is 18.4 Å². The SMILES string of the molecule is Cl.Cl.Cn1ccnc1COc1ccc(NC(=O)C2CC3CCCCC3N2)cc1. The van der Waals surface area contributed by atoms with E-state index >= 15 is 0 Å². The summed E-state index contributed by atoms with van der Waals surface area (Å²) in [5, 5.41) is 6.55. The second kappa shape index (κ2) is 10.1. The zero-order valence-corrected chi connectivity index (χ0v) is 17.6. The lowest BCUT2D eigenvalue weighted by Crippen LogP contribution is -2.39. The van der Waals surface area contributed by atoms with Crippen LogP contribution < -0.4 is 15.4 Å². The lowest BCUT2D eigenvalue weighted by molar-refractivity contribution is -0.117. The van der Waals surface area contributed by atoms with Crippen molar-refractivity contribution >= 4 is 36.4 Å². The Morgan fingerprint density at radius 2 is 2.00 bits per heavy atom. The minimum atomic E-state index is -0.0672. The number of halogens is 2. The van der Waals surface area contributed by atoms with E-state index in [9.17, 15) is 4.79 Å². The van der Waals surface area contributed by atoms with E-state index in [2.05, 4.69) is 15.6 Å². The van der Waals surface area contributed by atoms with Crippen molar-refractivity contribution in [3.63, 3.8) is 0 Å². The highest BCUT2D eigenvalue weighted by Gasteiger charge is 2.38. The van der Waals surface area contributed by atoms with Gasteiger partial charge in [-0.1, -0.05) is 12.8 Å². The summed E-state index contributed by atoms with van der Waals surface area (Å²) in [6.45, 7) is 0.421. The summed E-state index contributed by atoms with van der Waals surface area (Å²) in [6, 6.07) is 7.98. The summed E-state index contributed by atoms with van der Waals surface area (Å²) in [7, 11) is 1.94. The van der Waals surface area contributed by atoms with Crippen LogP contribution in [0.4, 0.5) is 5.69 Å². The van der Waals surface area contributed by atoms with Gasteiger partial charge < -0.3 is 19.9 Å². The van der Waals surface area contributed by atoms with Crippen molar-refractivity contribution in [2.24, 2.45) is 13.0 Å². The van der Waals surface area contributed by atoms with Crippen molar-refractivity contribution in [1.29, 1.82) is 0 Å². The van der Waals surface area contributed by atoms with Gasteiger partial charge in [-0.25, -0.2) is 4.98 Å². The molecule has 1 aliphatic carbocycles. The molecule has 28 heavy (non-hydrogen) atoms. The number of anilines is 1. The molecule has 3 unspecified atom stereocenters. The molecule has 1 saturated carbocycles. The van der Waals surface area contributed by atoms with Gasteiger partial charge in [-0.2, -0.15) is 0 Å². The second-order valence-corrected chi connectivity index (χ2v) is 7.36. The molecular formula is C20H28Cl2N4O2. The van der Waals surface area contributed by atoms with Crippen LogP contribution in [0.5, 0.6) is 5.75 Å². The topological polar surface area (TPSA) is 68.2 Å². The summed E-state index contributed by atoms with van der Waals surface area (Å²) in [6.07, 6.45) is 9.65. The van der Waals surface area contributed by atoms with Gasteiger partial charge in [0, 0.05) is 31.2 Å². The number of carbonyl (C=O) groups excluding carboxylic acids is 1. The number of rotatable bonds is 5. The molecule has 4 rings (SSSR count). The maximum absolute atomic E-state index is 12.5. The minimum Gasteiger partial charge on any atom is -0.486 e. The van der Waals surface area contributed by atoms with E-state index in [0.29, 0.717) is 18.6 Å². The summed E-state index contributed by atoms with van der Waals surface area (Å²) < 4.78 is 7.68. The number of nitrogens with one attached hydrogen (secondary N) is 2. The van der Waals surface area contributed by atoms with Gasteiger partial charge in [-0.3, -0.25) is 4.79 Å². The molecule has 2 fully saturated rings. The van der Waals surface area contributed by atoms with Gasteiger partial charge >= 0.3 is 0 Å². The Labute approximate surface area is 178 Å². The fourth-order valence-corrected chi connectivity index (χ4v) is 4.07. The molecular weight excluding hydrogens is 399 g/mol. The number of nitrogens with zero attached hydrogens (tertiary/aromatic N) is 2. The summed E-state index contributed by atoms with van der Waals surface area (Å²) >= 11 is 0. The van der Waals surface area contributed by atoms with Crippen LogP contribution in [0.15, 0.2) is 36.7 Å².